The number of rotatable bonds is 4. The molecule has 1 aromatic rings. The summed E-state index contributed by atoms with van der Waals surface area (Å²) < 4.78 is 5.65. The zero-order valence-corrected chi connectivity index (χ0v) is 12.1. The number of morpholine rings is 1. The SMILES string of the molecule is CN1CCOC(CNc2c(Cl)cc(N)cc2C(N)=O)C1. The van der Waals surface area contributed by atoms with E-state index in [-0.39, 0.29) is 6.10 Å². The summed E-state index contributed by atoms with van der Waals surface area (Å²) in [7, 11) is 2.04. The molecule has 20 heavy (non-hydrogen) atoms. The molecule has 1 amide bonds. The summed E-state index contributed by atoms with van der Waals surface area (Å²) in [6.07, 6.45) is 0.0445. The number of halogens is 1. The number of likely N-dealkylation sites (N-methyl/N-ethyl adjacent to an activating group) is 1. The molecular weight excluding hydrogens is 280 g/mol. The van der Waals surface area contributed by atoms with E-state index in [1.54, 1.807) is 6.07 Å². The minimum absolute atomic E-state index is 0.0445. The fourth-order valence-corrected chi connectivity index (χ4v) is 2.50. The van der Waals surface area contributed by atoms with Crippen LogP contribution in [0.3, 0.4) is 0 Å². The molecular formula is C13H19ClN4O2. The second-order valence-electron chi connectivity index (χ2n) is 4.93. The molecule has 0 bridgehead atoms. The molecule has 6 nitrogen and oxygen atoms in total. The number of hydrogen-bond donors (Lipinski definition) is 3. The summed E-state index contributed by atoms with van der Waals surface area (Å²) in [6.45, 7) is 2.99. The Hall–Kier alpha value is -1.50. The molecule has 1 atom stereocenters. The van der Waals surface area contributed by atoms with Crippen LogP contribution in [-0.4, -0.2) is 50.2 Å². The summed E-state index contributed by atoms with van der Waals surface area (Å²) in [5, 5.41) is 3.52. The quantitative estimate of drug-likeness (QED) is 0.714. The lowest BCUT2D eigenvalue weighted by molar-refractivity contribution is -0.0117. The summed E-state index contributed by atoms with van der Waals surface area (Å²) in [4.78, 5) is 13.6. The third kappa shape index (κ3) is 3.53. The Bertz CT molecular complexity index is 509. The number of carbonyl (C=O) groups excluding carboxylic acids is 1. The van der Waals surface area contributed by atoms with Crippen molar-refractivity contribution in [2.75, 3.05) is 44.3 Å². The topological polar surface area (TPSA) is 93.6 Å². The highest BCUT2D eigenvalue weighted by Crippen LogP contribution is 2.29. The first-order chi connectivity index (χ1) is 9.47. The van der Waals surface area contributed by atoms with E-state index >= 15 is 0 Å². The van der Waals surface area contributed by atoms with E-state index in [9.17, 15) is 4.79 Å². The lowest BCUT2D eigenvalue weighted by atomic mass is 10.1. The number of primary amides is 1. The number of benzene rings is 1. The predicted molar refractivity (Wildman–Crippen MR) is 80.1 cm³/mol. The van der Waals surface area contributed by atoms with Gasteiger partial charge in [-0.2, -0.15) is 0 Å². The van der Waals surface area contributed by atoms with Gasteiger partial charge in [-0.05, 0) is 19.2 Å². The van der Waals surface area contributed by atoms with Crippen molar-refractivity contribution in [3.05, 3.63) is 22.7 Å². The molecule has 2 rings (SSSR count). The lowest BCUT2D eigenvalue weighted by Crippen LogP contribution is -2.43. The van der Waals surface area contributed by atoms with E-state index in [0.717, 1.165) is 13.1 Å². The van der Waals surface area contributed by atoms with Gasteiger partial charge in [0, 0.05) is 25.3 Å². The van der Waals surface area contributed by atoms with Crippen LogP contribution in [0.5, 0.6) is 0 Å². The first-order valence-corrected chi connectivity index (χ1v) is 6.78. The van der Waals surface area contributed by atoms with Crippen molar-refractivity contribution in [1.82, 2.24) is 4.90 Å². The van der Waals surface area contributed by atoms with Crippen molar-refractivity contribution >= 4 is 28.9 Å². The second kappa shape index (κ2) is 6.30. The summed E-state index contributed by atoms with van der Waals surface area (Å²) >= 11 is 6.12. The Balaban J connectivity index is 2.10. The zero-order valence-electron chi connectivity index (χ0n) is 11.4. The molecule has 0 spiro atoms. The van der Waals surface area contributed by atoms with E-state index in [4.69, 9.17) is 27.8 Å². The number of amides is 1. The molecule has 1 aliphatic rings. The van der Waals surface area contributed by atoms with Gasteiger partial charge < -0.3 is 26.4 Å². The van der Waals surface area contributed by atoms with E-state index in [0.29, 0.717) is 35.1 Å². The Kier molecular flexibility index (Phi) is 4.69. The number of anilines is 2. The van der Waals surface area contributed by atoms with Crippen molar-refractivity contribution in [2.45, 2.75) is 6.10 Å². The highest BCUT2D eigenvalue weighted by atomic mass is 35.5. The molecule has 1 aliphatic heterocycles. The summed E-state index contributed by atoms with van der Waals surface area (Å²) in [5.74, 6) is -0.566. The number of ether oxygens (including phenoxy) is 1. The van der Waals surface area contributed by atoms with Crippen LogP contribution in [0, 0.1) is 0 Å². The van der Waals surface area contributed by atoms with Gasteiger partial charge in [0.1, 0.15) is 0 Å². The number of nitrogen functional groups attached to an aromatic ring is 1. The molecule has 1 fully saturated rings. The highest BCUT2D eigenvalue weighted by molar-refractivity contribution is 6.34. The summed E-state index contributed by atoms with van der Waals surface area (Å²) in [6, 6.07) is 3.11. The van der Waals surface area contributed by atoms with Crippen LogP contribution in [0.4, 0.5) is 11.4 Å². The van der Waals surface area contributed by atoms with Crippen molar-refractivity contribution in [1.29, 1.82) is 0 Å². The fourth-order valence-electron chi connectivity index (χ4n) is 2.21. The Morgan fingerprint density at radius 1 is 1.60 bits per heavy atom. The van der Waals surface area contributed by atoms with E-state index in [2.05, 4.69) is 10.2 Å². The van der Waals surface area contributed by atoms with Crippen LogP contribution in [-0.2, 0) is 4.74 Å². The van der Waals surface area contributed by atoms with Gasteiger partial charge in [-0.25, -0.2) is 0 Å². The minimum Gasteiger partial charge on any atom is -0.399 e. The van der Waals surface area contributed by atoms with Gasteiger partial charge in [-0.3, -0.25) is 4.79 Å². The van der Waals surface area contributed by atoms with Crippen molar-refractivity contribution < 1.29 is 9.53 Å². The smallest absolute Gasteiger partial charge is 0.250 e. The maximum atomic E-state index is 11.5. The average molecular weight is 299 g/mol. The zero-order chi connectivity index (χ0) is 14.7. The Labute approximate surface area is 123 Å². The molecule has 1 unspecified atom stereocenters. The highest BCUT2D eigenvalue weighted by Gasteiger charge is 2.19. The molecule has 1 heterocycles. The minimum atomic E-state index is -0.566. The molecule has 0 aliphatic carbocycles. The Morgan fingerprint density at radius 2 is 2.35 bits per heavy atom. The molecule has 5 N–H and O–H groups in total. The van der Waals surface area contributed by atoms with Crippen molar-refractivity contribution in [2.24, 2.45) is 5.73 Å². The molecule has 1 saturated heterocycles. The van der Waals surface area contributed by atoms with Crippen LogP contribution in [0.2, 0.25) is 5.02 Å². The van der Waals surface area contributed by atoms with Crippen LogP contribution in [0.1, 0.15) is 10.4 Å². The van der Waals surface area contributed by atoms with Gasteiger partial charge in [0.05, 0.1) is 29.0 Å². The van der Waals surface area contributed by atoms with Gasteiger partial charge in [0.25, 0.3) is 5.91 Å². The third-order valence-corrected chi connectivity index (χ3v) is 3.52. The van der Waals surface area contributed by atoms with Crippen LogP contribution < -0.4 is 16.8 Å². The first kappa shape index (κ1) is 14.9. The predicted octanol–water partition coefficient (Wildman–Crippen LogP) is 0.764. The van der Waals surface area contributed by atoms with Crippen LogP contribution in [0.25, 0.3) is 0 Å². The lowest BCUT2D eigenvalue weighted by Gasteiger charge is -2.30. The molecule has 0 aromatic heterocycles. The number of nitrogens with two attached hydrogens (primary N) is 2. The fraction of sp³-hybridized carbons (Fsp3) is 0.462. The molecule has 110 valence electrons. The average Bonchev–Trinajstić information content (AvgIpc) is 2.36. The normalized spacial score (nSPS) is 19.8. The second-order valence-corrected chi connectivity index (χ2v) is 5.33. The standard InChI is InChI=1S/C13H19ClN4O2/c1-18-2-3-20-9(7-18)6-17-12-10(13(16)19)4-8(15)5-11(12)14/h4-5,9,17H,2-3,6-7,15H2,1H3,(H2,16,19). The van der Waals surface area contributed by atoms with Gasteiger partial charge in [-0.15, -0.1) is 0 Å². The van der Waals surface area contributed by atoms with Gasteiger partial charge in [-0.1, -0.05) is 11.6 Å². The molecule has 0 radical (unpaired) electrons. The van der Waals surface area contributed by atoms with E-state index < -0.39 is 5.91 Å². The first-order valence-electron chi connectivity index (χ1n) is 6.40. The third-order valence-electron chi connectivity index (χ3n) is 3.23. The molecule has 0 saturated carbocycles. The number of nitrogens with zero attached hydrogens (tertiary/aromatic N) is 1. The largest absolute Gasteiger partial charge is 0.399 e. The number of carbonyl (C=O) groups is 1. The van der Waals surface area contributed by atoms with Crippen molar-refractivity contribution in [3.8, 4) is 0 Å². The Morgan fingerprint density at radius 3 is 3.00 bits per heavy atom. The van der Waals surface area contributed by atoms with Crippen LogP contribution in [0.15, 0.2) is 12.1 Å². The number of nitrogens with one attached hydrogen (secondary N) is 1. The maximum absolute atomic E-state index is 11.5. The van der Waals surface area contributed by atoms with Crippen LogP contribution >= 0.6 is 11.6 Å². The summed E-state index contributed by atoms with van der Waals surface area (Å²) in [5.41, 5.74) is 12.2. The van der Waals surface area contributed by atoms with Gasteiger partial charge >= 0.3 is 0 Å². The molecule has 7 heteroatoms. The molecule has 1 aromatic carbocycles. The van der Waals surface area contributed by atoms with E-state index in [1.807, 2.05) is 7.05 Å². The maximum Gasteiger partial charge on any atom is 0.250 e. The number of hydrogen-bond acceptors (Lipinski definition) is 5. The monoisotopic (exact) mass is 298 g/mol. The van der Waals surface area contributed by atoms with Gasteiger partial charge in [0.2, 0.25) is 0 Å². The van der Waals surface area contributed by atoms with E-state index in [1.165, 1.54) is 6.07 Å². The van der Waals surface area contributed by atoms with Crippen molar-refractivity contribution in [3.63, 3.8) is 0 Å². The van der Waals surface area contributed by atoms with Gasteiger partial charge in [0.15, 0.2) is 0 Å².